The van der Waals surface area contributed by atoms with Gasteiger partial charge in [-0.15, -0.1) is 0 Å². The third-order valence-electron chi connectivity index (χ3n) is 2.11. The molecule has 3 nitrogen and oxygen atoms in total. The fourth-order valence-electron chi connectivity index (χ4n) is 1.31. The number of anilines is 1. The monoisotopic (exact) mass is 285 g/mol. The van der Waals surface area contributed by atoms with Crippen molar-refractivity contribution in [2.45, 2.75) is 25.6 Å². The molecule has 1 amide bonds. The number of ether oxygens (including phenoxy) is 1. The highest BCUT2D eigenvalue weighted by molar-refractivity contribution is 9.08. The van der Waals surface area contributed by atoms with Crippen molar-refractivity contribution in [1.82, 2.24) is 0 Å². The van der Waals surface area contributed by atoms with Crippen LogP contribution in [0, 0.1) is 0 Å². The third-order valence-corrected chi connectivity index (χ3v) is 2.71. The fraction of sp³-hybridized carbons (Fsp3) is 0.417. The zero-order valence-corrected chi connectivity index (χ0v) is 11.1. The van der Waals surface area contributed by atoms with Crippen molar-refractivity contribution in [2.24, 2.45) is 0 Å². The Morgan fingerprint density at radius 1 is 1.44 bits per heavy atom. The topological polar surface area (TPSA) is 38.3 Å². The van der Waals surface area contributed by atoms with E-state index in [9.17, 15) is 4.79 Å². The van der Waals surface area contributed by atoms with Gasteiger partial charge in [0.05, 0.1) is 6.61 Å². The van der Waals surface area contributed by atoms with Crippen LogP contribution in [0.4, 0.5) is 5.69 Å². The van der Waals surface area contributed by atoms with E-state index in [0.29, 0.717) is 18.4 Å². The number of nitrogens with one attached hydrogen (secondary N) is 1. The quantitative estimate of drug-likeness (QED) is 0.843. The first-order valence-electron chi connectivity index (χ1n) is 5.32. The van der Waals surface area contributed by atoms with Crippen LogP contribution in [0.15, 0.2) is 18.2 Å². The molecule has 1 rings (SSSR count). The molecule has 0 unspecified atom stereocenters. The average molecular weight is 286 g/mol. The van der Waals surface area contributed by atoms with Crippen molar-refractivity contribution < 1.29 is 9.53 Å². The molecule has 0 saturated heterocycles. The predicted molar refractivity (Wildman–Crippen MR) is 69.2 cm³/mol. The molecule has 1 aromatic rings. The number of hydrogen-bond acceptors (Lipinski definition) is 2. The summed E-state index contributed by atoms with van der Waals surface area (Å²) in [4.78, 5) is 11.2. The SMILES string of the molecule is CCOc1ccc(NC(=O)CC)cc1CBr. The van der Waals surface area contributed by atoms with E-state index in [0.717, 1.165) is 17.0 Å². The standard InChI is InChI=1S/C12H16BrNO2/c1-3-12(15)14-10-5-6-11(16-4-2)9(7-10)8-13/h5-7H,3-4,8H2,1-2H3,(H,14,15). The first-order valence-corrected chi connectivity index (χ1v) is 6.45. The summed E-state index contributed by atoms with van der Waals surface area (Å²) < 4.78 is 5.47. The van der Waals surface area contributed by atoms with Crippen LogP contribution in [-0.4, -0.2) is 12.5 Å². The zero-order chi connectivity index (χ0) is 12.0. The number of halogens is 1. The molecule has 0 aromatic heterocycles. The van der Waals surface area contributed by atoms with Crippen molar-refractivity contribution in [3.63, 3.8) is 0 Å². The summed E-state index contributed by atoms with van der Waals surface area (Å²) in [5.74, 6) is 0.874. The van der Waals surface area contributed by atoms with Crippen LogP contribution in [0.3, 0.4) is 0 Å². The molecule has 88 valence electrons. The van der Waals surface area contributed by atoms with Crippen molar-refractivity contribution in [2.75, 3.05) is 11.9 Å². The largest absolute Gasteiger partial charge is 0.494 e. The van der Waals surface area contributed by atoms with Crippen LogP contribution in [0.5, 0.6) is 5.75 Å². The number of alkyl halides is 1. The van der Waals surface area contributed by atoms with Gasteiger partial charge in [-0.3, -0.25) is 4.79 Å². The molecular weight excluding hydrogens is 270 g/mol. The molecule has 0 aliphatic carbocycles. The third kappa shape index (κ3) is 3.52. The molecule has 0 fully saturated rings. The van der Waals surface area contributed by atoms with E-state index in [-0.39, 0.29) is 5.91 Å². The highest BCUT2D eigenvalue weighted by atomic mass is 79.9. The molecule has 0 bridgehead atoms. The lowest BCUT2D eigenvalue weighted by Crippen LogP contribution is -2.09. The zero-order valence-electron chi connectivity index (χ0n) is 9.55. The predicted octanol–water partition coefficient (Wildman–Crippen LogP) is 3.33. The molecule has 0 radical (unpaired) electrons. The Kier molecular flexibility index (Phi) is 5.32. The summed E-state index contributed by atoms with van der Waals surface area (Å²) in [6.07, 6.45) is 0.483. The summed E-state index contributed by atoms with van der Waals surface area (Å²) in [6.45, 7) is 4.42. The summed E-state index contributed by atoms with van der Waals surface area (Å²) in [5.41, 5.74) is 1.85. The van der Waals surface area contributed by atoms with Gasteiger partial charge in [0.1, 0.15) is 5.75 Å². The molecule has 0 atom stereocenters. The summed E-state index contributed by atoms with van der Waals surface area (Å²) in [6, 6.07) is 5.66. The maximum absolute atomic E-state index is 11.2. The lowest BCUT2D eigenvalue weighted by Gasteiger charge is -2.10. The van der Waals surface area contributed by atoms with Crippen LogP contribution >= 0.6 is 15.9 Å². The second kappa shape index (κ2) is 6.53. The van der Waals surface area contributed by atoms with Crippen molar-refractivity contribution in [3.8, 4) is 5.75 Å². The van der Waals surface area contributed by atoms with Crippen LogP contribution in [0.25, 0.3) is 0 Å². The molecule has 0 aliphatic heterocycles. The van der Waals surface area contributed by atoms with Gasteiger partial charge in [0.15, 0.2) is 0 Å². The van der Waals surface area contributed by atoms with Gasteiger partial charge >= 0.3 is 0 Å². The summed E-state index contributed by atoms with van der Waals surface area (Å²) in [7, 11) is 0. The van der Waals surface area contributed by atoms with Crippen LogP contribution in [0.1, 0.15) is 25.8 Å². The minimum absolute atomic E-state index is 0.0182. The van der Waals surface area contributed by atoms with Gasteiger partial charge in [-0.25, -0.2) is 0 Å². The maximum atomic E-state index is 11.2. The van der Waals surface area contributed by atoms with Crippen molar-refractivity contribution in [1.29, 1.82) is 0 Å². The normalized spacial score (nSPS) is 9.94. The van der Waals surface area contributed by atoms with Crippen molar-refractivity contribution >= 4 is 27.5 Å². The van der Waals surface area contributed by atoms with Gasteiger partial charge in [0, 0.05) is 23.0 Å². The van der Waals surface area contributed by atoms with Gasteiger partial charge in [-0.1, -0.05) is 22.9 Å². The van der Waals surface area contributed by atoms with E-state index < -0.39 is 0 Å². The Labute approximate surface area is 104 Å². The van der Waals surface area contributed by atoms with Crippen LogP contribution in [0.2, 0.25) is 0 Å². The van der Waals surface area contributed by atoms with E-state index in [4.69, 9.17) is 4.74 Å². The molecule has 1 aromatic carbocycles. The number of benzene rings is 1. The summed E-state index contributed by atoms with van der Waals surface area (Å²) >= 11 is 3.40. The Hall–Kier alpha value is -1.03. The van der Waals surface area contributed by atoms with E-state index in [1.54, 1.807) is 0 Å². The number of hydrogen-bond donors (Lipinski definition) is 1. The van der Waals surface area contributed by atoms with Gasteiger partial charge in [0.25, 0.3) is 0 Å². The maximum Gasteiger partial charge on any atom is 0.224 e. The Bertz CT molecular complexity index is 366. The second-order valence-corrected chi connectivity index (χ2v) is 3.85. The van der Waals surface area contributed by atoms with E-state index >= 15 is 0 Å². The minimum atomic E-state index is 0.0182. The number of carbonyl (C=O) groups excluding carboxylic acids is 1. The fourth-order valence-corrected chi connectivity index (χ4v) is 1.75. The lowest BCUT2D eigenvalue weighted by atomic mass is 10.2. The first-order chi connectivity index (χ1) is 7.71. The smallest absolute Gasteiger partial charge is 0.224 e. The van der Waals surface area contributed by atoms with E-state index in [1.165, 1.54) is 0 Å². The average Bonchev–Trinajstić information content (AvgIpc) is 2.31. The molecule has 0 spiro atoms. The first kappa shape index (κ1) is 13.0. The van der Waals surface area contributed by atoms with Gasteiger partial charge < -0.3 is 10.1 Å². The summed E-state index contributed by atoms with van der Waals surface area (Å²) in [5, 5.41) is 3.53. The van der Waals surface area contributed by atoms with Crippen LogP contribution < -0.4 is 10.1 Å². The van der Waals surface area contributed by atoms with Gasteiger partial charge in [-0.2, -0.15) is 0 Å². The molecule has 0 aliphatic rings. The van der Waals surface area contributed by atoms with E-state index in [2.05, 4.69) is 21.2 Å². The van der Waals surface area contributed by atoms with Crippen LogP contribution in [-0.2, 0) is 10.1 Å². The molecule has 16 heavy (non-hydrogen) atoms. The van der Waals surface area contributed by atoms with Crippen molar-refractivity contribution in [3.05, 3.63) is 23.8 Å². The molecule has 0 saturated carbocycles. The lowest BCUT2D eigenvalue weighted by molar-refractivity contribution is -0.115. The molecule has 4 heteroatoms. The van der Waals surface area contributed by atoms with Gasteiger partial charge in [-0.05, 0) is 25.1 Å². The number of amides is 1. The minimum Gasteiger partial charge on any atom is -0.494 e. The highest BCUT2D eigenvalue weighted by Crippen LogP contribution is 2.25. The molecule has 1 N–H and O–H groups in total. The van der Waals surface area contributed by atoms with E-state index in [1.807, 2.05) is 32.0 Å². The second-order valence-electron chi connectivity index (χ2n) is 3.29. The highest BCUT2D eigenvalue weighted by Gasteiger charge is 2.05. The Morgan fingerprint density at radius 3 is 2.75 bits per heavy atom. The Morgan fingerprint density at radius 2 is 2.19 bits per heavy atom. The Balaban J connectivity index is 2.86. The number of rotatable bonds is 5. The molecule has 0 heterocycles. The number of carbonyl (C=O) groups is 1. The van der Waals surface area contributed by atoms with Gasteiger partial charge in [0.2, 0.25) is 5.91 Å². The molecular formula is C12H16BrNO2.